The number of nitrogens with one attached hydrogen (secondary N) is 2. The Morgan fingerprint density at radius 2 is 1.66 bits per heavy atom. The van der Waals surface area contributed by atoms with Crippen LogP contribution in [0.4, 0.5) is 15.8 Å². The van der Waals surface area contributed by atoms with E-state index in [2.05, 4.69) is 57.4 Å². The Morgan fingerprint density at radius 3 is 2.34 bits per heavy atom. The minimum atomic E-state index is -4.73. The van der Waals surface area contributed by atoms with E-state index < -0.39 is 43.7 Å². The van der Waals surface area contributed by atoms with Gasteiger partial charge in [0, 0.05) is 105 Å². The van der Waals surface area contributed by atoms with Crippen molar-refractivity contribution in [1.29, 1.82) is 0 Å². The summed E-state index contributed by atoms with van der Waals surface area (Å²) in [7, 11) is -4.73. The number of rotatable bonds is 18. The van der Waals surface area contributed by atoms with Gasteiger partial charge in [-0.1, -0.05) is 43.2 Å². The maximum atomic E-state index is 16.0. The van der Waals surface area contributed by atoms with Gasteiger partial charge in [-0.25, -0.2) is 22.5 Å². The second-order valence-corrected chi connectivity index (χ2v) is 22.6. The van der Waals surface area contributed by atoms with Gasteiger partial charge >= 0.3 is 5.69 Å². The Balaban J connectivity index is 0.883. The number of aromatic nitrogens is 2. The summed E-state index contributed by atoms with van der Waals surface area (Å²) in [5, 5.41) is 13.8. The highest BCUT2D eigenvalue weighted by Gasteiger charge is 2.44. The number of ether oxygens (including phenoxy) is 3. The topological polar surface area (TPSA) is 193 Å². The number of nitrogens with zero attached hydrogens (tertiary/aromatic N) is 6. The lowest BCUT2D eigenvalue weighted by atomic mass is 9.70. The zero-order valence-corrected chi connectivity index (χ0v) is 43.7. The molecule has 0 bridgehead atoms. The lowest BCUT2D eigenvalue weighted by Crippen LogP contribution is -2.60. The number of halogens is 2. The average Bonchev–Trinajstić information content (AvgIpc) is 3.85. The Bertz CT molecular complexity index is 3000. The number of amides is 2. The van der Waals surface area contributed by atoms with E-state index in [0.29, 0.717) is 56.7 Å². The van der Waals surface area contributed by atoms with Gasteiger partial charge in [0.05, 0.1) is 41.3 Å². The molecule has 4 fully saturated rings. The van der Waals surface area contributed by atoms with Crippen molar-refractivity contribution in [1.82, 2.24) is 29.4 Å². The monoisotopic (exact) mass is 1050 g/mol. The molecular weight excluding hydrogens is 991 g/mol. The molecule has 5 aromatic rings. The SMILES string of the molecule is C/C(CC1(N2CCN(c3ccc(C(=O)NS(=O)(=O)c4ccc(OCC5(F)CCN(C(=O)CN6CCOCC6)CC5)c([N+](=O)[O-])c4)c(Oc4cnc5[nH]ccc5c4)c3)CC2)CCC1)=C(\CC(C)C)c1ccc(Cl)cc1. The van der Waals surface area contributed by atoms with Crippen molar-refractivity contribution in [3.8, 4) is 17.2 Å². The first-order chi connectivity index (χ1) is 35.5. The van der Waals surface area contributed by atoms with E-state index in [9.17, 15) is 28.1 Å². The Labute approximate surface area is 436 Å². The van der Waals surface area contributed by atoms with E-state index in [-0.39, 0.29) is 61.0 Å². The smallest absolute Gasteiger partial charge is 0.312 e. The fourth-order valence-corrected chi connectivity index (χ4v) is 11.7. The molecule has 394 valence electrons. The number of benzene rings is 3. The molecule has 2 aromatic heterocycles. The first-order valence-electron chi connectivity index (χ1n) is 25.4. The van der Waals surface area contributed by atoms with Crippen LogP contribution in [-0.2, 0) is 19.6 Å². The van der Waals surface area contributed by atoms with Crippen LogP contribution in [0.5, 0.6) is 17.2 Å². The van der Waals surface area contributed by atoms with Crippen molar-refractivity contribution in [2.24, 2.45) is 5.92 Å². The number of pyridine rings is 1. The number of sulfonamides is 1. The third kappa shape index (κ3) is 12.2. The molecule has 20 heteroatoms. The third-order valence-electron chi connectivity index (χ3n) is 15.0. The summed E-state index contributed by atoms with van der Waals surface area (Å²) in [6.07, 6.45) is 8.54. The van der Waals surface area contributed by atoms with Crippen LogP contribution in [0.1, 0.15) is 81.6 Å². The quantitative estimate of drug-likeness (QED) is 0.0625. The van der Waals surface area contributed by atoms with Crippen LogP contribution in [0.25, 0.3) is 16.6 Å². The predicted octanol–water partition coefficient (Wildman–Crippen LogP) is 9.03. The summed E-state index contributed by atoms with van der Waals surface area (Å²) in [5.74, 6) is -0.602. The molecule has 5 heterocycles. The van der Waals surface area contributed by atoms with E-state index >= 15 is 4.39 Å². The van der Waals surface area contributed by atoms with Crippen LogP contribution >= 0.6 is 11.6 Å². The van der Waals surface area contributed by atoms with E-state index in [4.69, 9.17) is 25.8 Å². The lowest BCUT2D eigenvalue weighted by molar-refractivity contribution is -0.386. The molecule has 0 atom stereocenters. The number of alkyl halides is 1. The van der Waals surface area contributed by atoms with Gasteiger partial charge in [0.15, 0.2) is 5.75 Å². The number of hydrogen-bond acceptors (Lipinski definition) is 13. The molecule has 74 heavy (non-hydrogen) atoms. The van der Waals surface area contributed by atoms with Crippen LogP contribution in [0, 0.1) is 16.0 Å². The number of anilines is 1. The predicted molar refractivity (Wildman–Crippen MR) is 281 cm³/mol. The van der Waals surface area contributed by atoms with Crippen LogP contribution in [-0.4, -0.2) is 140 Å². The Hall–Kier alpha value is -6.12. The minimum Gasteiger partial charge on any atom is -0.483 e. The number of H-pyrrole nitrogens is 1. The number of carbonyl (C=O) groups is 2. The lowest BCUT2D eigenvalue weighted by Gasteiger charge is -2.54. The second kappa shape index (κ2) is 22.4. The molecule has 2 N–H and O–H groups in total. The molecule has 9 rings (SSSR count). The van der Waals surface area contributed by atoms with Crippen LogP contribution in [0.2, 0.25) is 5.02 Å². The number of piperazine rings is 1. The maximum absolute atomic E-state index is 16.0. The number of nitro benzene ring substituents is 1. The van der Waals surface area contributed by atoms with Crippen LogP contribution in [0.15, 0.2) is 95.7 Å². The van der Waals surface area contributed by atoms with E-state index in [1.54, 1.807) is 29.3 Å². The summed E-state index contributed by atoms with van der Waals surface area (Å²) in [6.45, 7) is 12.2. The number of morpholine rings is 1. The number of fused-ring (bicyclic) bond motifs is 1. The molecule has 3 aliphatic heterocycles. The molecule has 4 aliphatic rings. The Morgan fingerprint density at radius 1 is 0.932 bits per heavy atom. The fraction of sp³-hybridized carbons (Fsp3) is 0.463. The van der Waals surface area contributed by atoms with Crippen molar-refractivity contribution in [2.75, 3.05) is 83.6 Å². The summed E-state index contributed by atoms with van der Waals surface area (Å²) in [5.41, 5.74) is 2.76. The molecule has 0 radical (unpaired) electrons. The first-order valence-corrected chi connectivity index (χ1v) is 27.3. The molecule has 17 nitrogen and oxygen atoms in total. The molecule has 3 saturated heterocycles. The molecule has 1 aliphatic carbocycles. The van der Waals surface area contributed by atoms with E-state index in [1.807, 2.05) is 23.1 Å². The zero-order chi connectivity index (χ0) is 52.2. The summed E-state index contributed by atoms with van der Waals surface area (Å²) in [4.78, 5) is 53.8. The van der Waals surface area contributed by atoms with Crippen molar-refractivity contribution >= 4 is 61.4 Å². The number of allylic oxidation sites excluding steroid dienone is 1. The van der Waals surface area contributed by atoms with Gasteiger partial charge in [0.2, 0.25) is 5.91 Å². The maximum Gasteiger partial charge on any atom is 0.312 e. The van der Waals surface area contributed by atoms with Gasteiger partial charge in [0.1, 0.15) is 29.4 Å². The number of nitro groups is 1. The number of likely N-dealkylation sites (tertiary alicyclic amines) is 1. The van der Waals surface area contributed by atoms with E-state index in [1.165, 1.54) is 35.4 Å². The highest BCUT2D eigenvalue weighted by molar-refractivity contribution is 7.90. The van der Waals surface area contributed by atoms with Gasteiger partial charge in [-0.05, 0) is 105 Å². The minimum absolute atomic E-state index is 0.0422. The summed E-state index contributed by atoms with van der Waals surface area (Å²) >= 11 is 6.27. The second-order valence-electron chi connectivity index (χ2n) is 20.5. The standard InChI is InChI=1S/C54H64ClFN8O9S/c1-37(2)29-46(39-5-7-41(55)8-6-39)38(3)33-54(14-4-15-54)63-23-21-61(22-24-63)42-9-11-45(49(31-42)73-43-30-40-13-18-57-51(40)58-34-43)52(66)59-74(69,70)44-10-12-48(47(32-44)64(67)68)72-36-53(56)16-19-62(20-17-53)50(65)35-60-25-27-71-28-26-60/h5-13,18,30-32,34,37H,4,14-17,19-29,33,35-36H2,1-3H3,(H,57,58)(H,59,66)/b46-38-. The largest absolute Gasteiger partial charge is 0.483 e. The third-order valence-corrected chi connectivity index (χ3v) is 16.5. The van der Waals surface area contributed by atoms with Crippen molar-refractivity contribution in [3.05, 3.63) is 117 Å². The van der Waals surface area contributed by atoms with Crippen molar-refractivity contribution in [2.45, 2.75) is 81.8 Å². The normalized spacial score (nSPS) is 18.7. The summed E-state index contributed by atoms with van der Waals surface area (Å²) in [6, 6.07) is 19.6. The number of aromatic amines is 1. The van der Waals surface area contributed by atoms with Gasteiger partial charge in [-0.2, -0.15) is 0 Å². The van der Waals surface area contributed by atoms with Gasteiger partial charge < -0.3 is 29.0 Å². The molecule has 3 aromatic carbocycles. The van der Waals surface area contributed by atoms with E-state index in [0.717, 1.165) is 73.1 Å². The van der Waals surface area contributed by atoms with Crippen molar-refractivity contribution < 1.29 is 41.5 Å². The van der Waals surface area contributed by atoms with Crippen LogP contribution in [0.3, 0.4) is 0 Å². The van der Waals surface area contributed by atoms with Crippen molar-refractivity contribution in [3.63, 3.8) is 0 Å². The number of carbonyl (C=O) groups excluding carboxylic acids is 2. The first kappa shape index (κ1) is 52.7. The highest BCUT2D eigenvalue weighted by atomic mass is 35.5. The Kier molecular flexibility index (Phi) is 15.9. The molecule has 0 spiro atoms. The van der Waals surface area contributed by atoms with Gasteiger partial charge in [0.25, 0.3) is 15.9 Å². The molecule has 1 saturated carbocycles. The highest BCUT2D eigenvalue weighted by Crippen LogP contribution is 2.45. The van der Waals surface area contributed by atoms with Crippen LogP contribution < -0.4 is 19.1 Å². The molecule has 0 unspecified atom stereocenters. The fourth-order valence-electron chi connectivity index (χ4n) is 10.6. The number of hydrogen-bond donors (Lipinski definition) is 2. The summed E-state index contributed by atoms with van der Waals surface area (Å²) < 4.78 is 63.2. The average molecular weight is 1060 g/mol. The number of piperidine rings is 1. The molecular formula is C54H64ClFN8O9S. The van der Waals surface area contributed by atoms with Gasteiger partial charge in [-0.3, -0.25) is 29.5 Å². The molecule has 2 amide bonds. The zero-order valence-electron chi connectivity index (χ0n) is 42.1. The van der Waals surface area contributed by atoms with Gasteiger partial charge in [-0.15, -0.1) is 0 Å².